The number of nitrogens with one attached hydrogen (secondary N) is 1. The number of rotatable bonds is 4. The third-order valence-corrected chi connectivity index (χ3v) is 4.08. The number of nitrogens with zero attached hydrogens (tertiary/aromatic N) is 2. The van der Waals surface area contributed by atoms with Crippen molar-refractivity contribution in [3.8, 4) is 5.75 Å². The van der Waals surface area contributed by atoms with E-state index >= 15 is 0 Å². The number of amides is 1. The van der Waals surface area contributed by atoms with Crippen LogP contribution in [0.25, 0.3) is 0 Å². The second-order valence-electron chi connectivity index (χ2n) is 5.52. The number of benzene rings is 1. The molecule has 0 radical (unpaired) electrons. The van der Waals surface area contributed by atoms with Crippen molar-refractivity contribution in [1.82, 2.24) is 9.78 Å². The van der Waals surface area contributed by atoms with Gasteiger partial charge >= 0.3 is 0 Å². The van der Waals surface area contributed by atoms with Crippen molar-refractivity contribution in [3.63, 3.8) is 0 Å². The van der Waals surface area contributed by atoms with Crippen LogP contribution < -0.4 is 5.32 Å². The monoisotopic (exact) mass is 365 g/mol. The van der Waals surface area contributed by atoms with Crippen LogP contribution in [0.2, 0.25) is 0 Å². The Labute approximate surface area is 138 Å². The van der Waals surface area contributed by atoms with Crippen molar-refractivity contribution in [2.24, 2.45) is 0 Å². The highest BCUT2D eigenvalue weighted by atomic mass is 79.9. The van der Waals surface area contributed by atoms with Crippen LogP contribution in [0.3, 0.4) is 0 Å². The lowest BCUT2D eigenvalue weighted by atomic mass is 9.99. The molecule has 2 aromatic rings. The molecule has 0 spiro atoms. The van der Waals surface area contributed by atoms with Crippen molar-refractivity contribution < 1.29 is 9.90 Å². The lowest BCUT2D eigenvalue weighted by Gasteiger charge is -2.14. The van der Waals surface area contributed by atoms with Crippen molar-refractivity contribution >= 4 is 27.5 Å². The lowest BCUT2D eigenvalue weighted by Crippen LogP contribution is -2.15. The van der Waals surface area contributed by atoms with E-state index in [9.17, 15) is 9.90 Å². The van der Waals surface area contributed by atoms with Gasteiger partial charge in [0.05, 0.1) is 4.47 Å². The Kier molecular flexibility index (Phi) is 4.90. The van der Waals surface area contributed by atoms with Crippen LogP contribution in [0, 0.1) is 6.92 Å². The summed E-state index contributed by atoms with van der Waals surface area (Å²) in [6.07, 6.45) is 1.78. The minimum Gasteiger partial charge on any atom is -0.508 e. The molecule has 0 atom stereocenters. The molecule has 5 nitrogen and oxygen atoms in total. The zero-order valence-corrected chi connectivity index (χ0v) is 14.7. The second kappa shape index (κ2) is 6.52. The van der Waals surface area contributed by atoms with Gasteiger partial charge < -0.3 is 10.4 Å². The van der Waals surface area contributed by atoms with Gasteiger partial charge in [-0.1, -0.05) is 13.8 Å². The molecule has 1 aromatic heterocycles. The molecule has 0 saturated heterocycles. The number of anilines is 1. The summed E-state index contributed by atoms with van der Waals surface area (Å²) in [5.74, 6) is 0.145. The number of aromatic hydroxyl groups is 1. The van der Waals surface area contributed by atoms with Gasteiger partial charge in [0.2, 0.25) is 0 Å². The third-order valence-electron chi connectivity index (χ3n) is 3.50. The number of aryl methyl sites for hydroxylation is 2. The first-order chi connectivity index (χ1) is 10.3. The highest BCUT2D eigenvalue weighted by Crippen LogP contribution is 2.31. The molecule has 0 unspecified atom stereocenters. The number of aromatic nitrogens is 2. The van der Waals surface area contributed by atoms with Crippen LogP contribution in [0.5, 0.6) is 5.75 Å². The Morgan fingerprint density at radius 2 is 2.14 bits per heavy atom. The van der Waals surface area contributed by atoms with Crippen LogP contribution in [0.1, 0.15) is 48.3 Å². The number of phenolic OH excluding ortho intramolecular Hbond substituents is 1. The Morgan fingerprint density at radius 1 is 1.45 bits per heavy atom. The van der Waals surface area contributed by atoms with Crippen molar-refractivity contribution in [3.05, 3.63) is 39.6 Å². The van der Waals surface area contributed by atoms with E-state index in [1.54, 1.807) is 16.9 Å². The van der Waals surface area contributed by atoms with E-state index in [0.29, 0.717) is 22.4 Å². The second-order valence-corrected chi connectivity index (χ2v) is 6.37. The van der Waals surface area contributed by atoms with Gasteiger partial charge in [-0.05, 0) is 59.0 Å². The average molecular weight is 366 g/mol. The summed E-state index contributed by atoms with van der Waals surface area (Å²) in [7, 11) is 0. The first-order valence-corrected chi connectivity index (χ1v) is 8.00. The maximum atomic E-state index is 12.4. The predicted octanol–water partition coefficient (Wildman–Crippen LogP) is 4.06. The summed E-state index contributed by atoms with van der Waals surface area (Å²) in [5.41, 5.74) is 2.64. The van der Waals surface area contributed by atoms with E-state index in [-0.39, 0.29) is 17.6 Å². The molecule has 2 rings (SSSR count). The molecule has 1 aromatic carbocycles. The minimum absolute atomic E-state index is 0.169. The van der Waals surface area contributed by atoms with Crippen LogP contribution in [-0.2, 0) is 6.54 Å². The van der Waals surface area contributed by atoms with Crippen molar-refractivity contribution in [2.45, 2.75) is 40.2 Å². The fourth-order valence-electron chi connectivity index (χ4n) is 2.20. The summed E-state index contributed by atoms with van der Waals surface area (Å²) in [5, 5.41) is 17.1. The first-order valence-electron chi connectivity index (χ1n) is 7.21. The topological polar surface area (TPSA) is 67.2 Å². The highest BCUT2D eigenvalue weighted by Gasteiger charge is 2.17. The van der Waals surface area contributed by atoms with Gasteiger partial charge in [0.15, 0.2) is 5.69 Å². The molecular weight excluding hydrogens is 346 g/mol. The van der Waals surface area contributed by atoms with Gasteiger partial charge in [0, 0.05) is 18.4 Å². The maximum absolute atomic E-state index is 12.4. The fraction of sp³-hybridized carbons (Fsp3) is 0.375. The van der Waals surface area contributed by atoms with Crippen molar-refractivity contribution in [1.29, 1.82) is 0 Å². The van der Waals surface area contributed by atoms with Crippen LogP contribution >= 0.6 is 15.9 Å². The zero-order chi connectivity index (χ0) is 16.4. The SMILES string of the molecule is CCn1cc(Br)c(C(=O)Nc2cc(C(C)C)c(O)cc2C)n1. The van der Waals surface area contributed by atoms with Gasteiger partial charge in [0.25, 0.3) is 5.91 Å². The van der Waals surface area contributed by atoms with E-state index in [4.69, 9.17) is 0 Å². The molecule has 2 N–H and O–H groups in total. The zero-order valence-electron chi connectivity index (χ0n) is 13.1. The van der Waals surface area contributed by atoms with Gasteiger partial charge in [0.1, 0.15) is 5.75 Å². The molecule has 6 heteroatoms. The van der Waals surface area contributed by atoms with Crippen LogP contribution in [-0.4, -0.2) is 20.8 Å². The van der Waals surface area contributed by atoms with Gasteiger partial charge in [-0.3, -0.25) is 9.48 Å². The fourth-order valence-corrected chi connectivity index (χ4v) is 2.70. The summed E-state index contributed by atoms with van der Waals surface area (Å²) in [6.45, 7) is 8.49. The number of hydrogen-bond acceptors (Lipinski definition) is 3. The van der Waals surface area contributed by atoms with E-state index < -0.39 is 0 Å². The van der Waals surface area contributed by atoms with E-state index in [1.165, 1.54) is 0 Å². The molecular formula is C16H20BrN3O2. The number of carbonyl (C=O) groups excluding carboxylic acids is 1. The Hall–Kier alpha value is -1.82. The molecule has 0 fully saturated rings. The quantitative estimate of drug-likeness (QED) is 0.802. The average Bonchev–Trinajstić information content (AvgIpc) is 2.82. The molecule has 0 bridgehead atoms. The normalized spacial score (nSPS) is 11.0. The van der Waals surface area contributed by atoms with Gasteiger partial charge in [-0.2, -0.15) is 5.10 Å². The largest absolute Gasteiger partial charge is 0.508 e. The minimum atomic E-state index is -0.275. The Morgan fingerprint density at radius 3 is 2.68 bits per heavy atom. The Balaban J connectivity index is 2.31. The number of carbonyl (C=O) groups is 1. The maximum Gasteiger partial charge on any atom is 0.277 e. The summed E-state index contributed by atoms with van der Waals surface area (Å²) >= 11 is 3.36. The Bertz CT molecular complexity index is 708. The smallest absolute Gasteiger partial charge is 0.277 e. The first kappa shape index (κ1) is 16.5. The molecule has 0 saturated carbocycles. The third kappa shape index (κ3) is 3.32. The molecule has 118 valence electrons. The van der Waals surface area contributed by atoms with Crippen molar-refractivity contribution in [2.75, 3.05) is 5.32 Å². The standard InChI is InChI=1S/C16H20BrN3O2/c1-5-20-8-12(17)15(19-20)16(22)18-13-7-11(9(2)3)14(21)6-10(13)4/h6-9,21H,5H2,1-4H3,(H,18,22). The van der Waals surface area contributed by atoms with Gasteiger partial charge in [-0.25, -0.2) is 0 Å². The molecule has 1 heterocycles. The summed E-state index contributed by atoms with van der Waals surface area (Å²) < 4.78 is 2.36. The predicted molar refractivity (Wildman–Crippen MR) is 90.5 cm³/mol. The van der Waals surface area contributed by atoms with E-state index in [1.807, 2.05) is 33.8 Å². The van der Waals surface area contributed by atoms with E-state index in [2.05, 4.69) is 26.3 Å². The molecule has 1 amide bonds. The summed E-state index contributed by atoms with van der Waals surface area (Å²) in [6, 6.07) is 3.49. The van der Waals surface area contributed by atoms with Crippen LogP contribution in [0.4, 0.5) is 5.69 Å². The number of hydrogen-bond donors (Lipinski definition) is 2. The molecule has 0 aliphatic heterocycles. The van der Waals surface area contributed by atoms with Gasteiger partial charge in [-0.15, -0.1) is 0 Å². The number of halogens is 1. The van der Waals surface area contributed by atoms with E-state index in [0.717, 1.165) is 11.1 Å². The highest BCUT2D eigenvalue weighted by molar-refractivity contribution is 9.10. The number of phenols is 1. The summed E-state index contributed by atoms with van der Waals surface area (Å²) in [4.78, 5) is 12.4. The molecule has 0 aliphatic rings. The molecule has 22 heavy (non-hydrogen) atoms. The molecule has 0 aliphatic carbocycles. The van der Waals surface area contributed by atoms with Crippen LogP contribution in [0.15, 0.2) is 22.8 Å². The lowest BCUT2D eigenvalue weighted by molar-refractivity contribution is 0.102.